The van der Waals surface area contributed by atoms with E-state index < -0.39 is 0 Å². The Bertz CT molecular complexity index is 1210. The molecule has 0 aliphatic rings. The predicted molar refractivity (Wildman–Crippen MR) is 125 cm³/mol. The molecule has 4 rings (SSSR count). The molecule has 0 atom stereocenters. The van der Waals surface area contributed by atoms with Crippen LogP contribution in [0.2, 0.25) is 0 Å². The van der Waals surface area contributed by atoms with Gasteiger partial charge >= 0.3 is 0 Å². The van der Waals surface area contributed by atoms with E-state index in [1.807, 2.05) is 54.6 Å². The molecule has 31 heavy (non-hydrogen) atoms. The van der Waals surface area contributed by atoms with Gasteiger partial charge in [0.1, 0.15) is 6.61 Å². The summed E-state index contributed by atoms with van der Waals surface area (Å²) in [4.78, 5) is 4.06. The molecule has 9 heteroatoms. The number of benzene rings is 2. The number of nitrogens with zero attached hydrogens (tertiary/aromatic N) is 3. The molecule has 2 N–H and O–H groups in total. The summed E-state index contributed by atoms with van der Waals surface area (Å²) in [5.41, 5.74) is 6.20. The van der Waals surface area contributed by atoms with Gasteiger partial charge in [0.05, 0.1) is 13.7 Å². The molecule has 0 saturated carbocycles. The molecule has 0 bridgehead atoms. The lowest BCUT2D eigenvalue weighted by atomic mass is 10.1. The summed E-state index contributed by atoms with van der Waals surface area (Å²) in [6, 6.07) is 17.6. The Morgan fingerprint density at radius 1 is 1.10 bits per heavy atom. The van der Waals surface area contributed by atoms with E-state index in [2.05, 4.69) is 36.5 Å². The van der Waals surface area contributed by atoms with Gasteiger partial charge in [0.25, 0.3) is 0 Å². The van der Waals surface area contributed by atoms with E-state index in [1.165, 1.54) is 0 Å². The van der Waals surface area contributed by atoms with Gasteiger partial charge in [0.2, 0.25) is 4.77 Å². The van der Waals surface area contributed by atoms with E-state index in [9.17, 15) is 0 Å². The van der Waals surface area contributed by atoms with Crippen molar-refractivity contribution >= 4 is 28.1 Å². The Kier molecular flexibility index (Phi) is 6.63. The zero-order valence-electron chi connectivity index (χ0n) is 16.7. The highest BCUT2D eigenvalue weighted by molar-refractivity contribution is 9.10. The average molecular weight is 498 g/mol. The molecule has 0 aliphatic carbocycles. The standard InChI is InChI=1S/C22H20BrN5O2S/c1-29-19-8-7-18(23)17(20(19)30-14-15-5-3-2-4-6-15)13-25-28-21(26-27-22(28)31)16-9-11-24-12-10-16/h2-12,25H,13-14H2,1H3,(H,27,31). The quantitative estimate of drug-likeness (QED) is 0.330. The van der Waals surface area contributed by atoms with Crippen LogP contribution in [0.15, 0.2) is 71.5 Å². The van der Waals surface area contributed by atoms with Crippen molar-refractivity contribution in [2.24, 2.45) is 0 Å². The Morgan fingerprint density at radius 2 is 1.87 bits per heavy atom. The number of rotatable bonds is 8. The Morgan fingerprint density at radius 3 is 2.61 bits per heavy atom. The van der Waals surface area contributed by atoms with Crippen LogP contribution >= 0.6 is 28.1 Å². The minimum absolute atomic E-state index is 0.424. The van der Waals surface area contributed by atoms with Crippen molar-refractivity contribution in [1.29, 1.82) is 0 Å². The molecule has 0 spiro atoms. The maximum absolute atomic E-state index is 6.18. The van der Waals surface area contributed by atoms with Crippen molar-refractivity contribution in [2.75, 3.05) is 12.5 Å². The number of ether oxygens (including phenoxy) is 2. The summed E-state index contributed by atoms with van der Waals surface area (Å²) in [5, 5.41) is 7.18. The van der Waals surface area contributed by atoms with Crippen molar-refractivity contribution in [3.63, 3.8) is 0 Å². The second-order valence-electron chi connectivity index (χ2n) is 6.59. The third-order valence-electron chi connectivity index (χ3n) is 4.64. The highest BCUT2D eigenvalue weighted by atomic mass is 79.9. The zero-order chi connectivity index (χ0) is 21.6. The summed E-state index contributed by atoms with van der Waals surface area (Å²) in [6.45, 7) is 0.849. The van der Waals surface area contributed by atoms with Crippen LogP contribution in [0.4, 0.5) is 0 Å². The van der Waals surface area contributed by atoms with E-state index in [1.54, 1.807) is 24.2 Å². The smallest absolute Gasteiger partial charge is 0.214 e. The second kappa shape index (κ2) is 9.76. The van der Waals surface area contributed by atoms with Gasteiger partial charge in [-0.2, -0.15) is 5.10 Å². The van der Waals surface area contributed by atoms with Crippen LogP contribution in [-0.2, 0) is 13.2 Å². The molecule has 0 fully saturated rings. The lowest BCUT2D eigenvalue weighted by molar-refractivity contribution is 0.281. The van der Waals surface area contributed by atoms with Crippen LogP contribution in [-0.4, -0.2) is 27.0 Å². The predicted octanol–water partition coefficient (Wildman–Crippen LogP) is 5.10. The molecule has 7 nitrogen and oxygen atoms in total. The lowest BCUT2D eigenvalue weighted by Gasteiger charge is -2.18. The molecule has 0 radical (unpaired) electrons. The third kappa shape index (κ3) is 4.78. The molecule has 4 aromatic rings. The first kappa shape index (κ1) is 21.1. The summed E-state index contributed by atoms with van der Waals surface area (Å²) < 4.78 is 14.8. The number of aromatic amines is 1. The number of halogens is 1. The number of pyridine rings is 1. The van der Waals surface area contributed by atoms with Crippen molar-refractivity contribution in [2.45, 2.75) is 13.2 Å². The van der Waals surface area contributed by atoms with Gasteiger partial charge < -0.3 is 14.9 Å². The Hall–Kier alpha value is -3.17. The van der Waals surface area contributed by atoms with Crippen LogP contribution in [0.5, 0.6) is 11.5 Å². The van der Waals surface area contributed by atoms with Crippen LogP contribution in [0.1, 0.15) is 11.1 Å². The molecule has 2 aromatic carbocycles. The van der Waals surface area contributed by atoms with Crippen molar-refractivity contribution in [1.82, 2.24) is 19.9 Å². The molecule has 158 valence electrons. The highest BCUT2D eigenvalue weighted by Gasteiger charge is 2.16. The fraction of sp³-hybridized carbons (Fsp3) is 0.136. The normalized spacial score (nSPS) is 10.6. The Balaban J connectivity index is 1.62. The van der Waals surface area contributed by atoms with Crippen LogP contribution in [0.3, 0.4) is 0 Å². The molecule has 0 saturated heterocycles. The monoisotopic (exact) mass is 497 g/mol. The third-order valence-corrected chi connectivity index (χ3v) is 5.65. The highest BCUT2D eigenvalue weighted by Crippen LogP contribution is 2.37. The van der Waals surface area contributed by atoms with Gasteiger partial charge in [-0.15, -0.1) is 0 Å². The fourth-order valence-electron chi connectivity index (χ4n) is 3.09. The Labute approximate surface area is 193 Å². The van der Waals surface area contributed by atoms with Crippen LogP contribution in [0, 0.1) is 4.77 Å². The number of hydrogen-bond acceptors (Lipinski definition) is 6. The zero-order valence-corrected chi connectivity index (χ0v) is 19.1. The molecule has 0 unspecified atom stereocenters. The van der Waals surface area contributed by atoms with Crippen molar-refractivity contribution in [3.05, 3.63) is 87.4 Å². The number of aromatic nitrogens is 4. The van der Waals surface area contributed by atoms with Gasteiger partial charge in [-0.3, -0.25) is 4.98 Å². The van der Waals surface area contributed by atoms with E-state index in [0.717, 1.165) is 21.2 Å². The maximum Gasteiger partial charge on any atom is 0.214 e. The minimum Gasteiger partial charge on any atom is -0.493 e. The molecule has 2 aromatic heterocycles. The van der Waals surface area contributed by atoms with Crippen LogP contribution < -0.4 is 14.9 Å². The first-order chi connectivity index (χ1) is 15.2. The molecule has 0 amide bonds. The van der Waals surface area contributed by atoms with Gasteiger partial charge in [-0.25, -0.2) is 9.77 Å². The molecule has 0 aliphatic heterocycles. The fourth-order valence-corrected chi connectivity index (χ4v) is 3.74. The summed E-state index contributed by atoms with van der Waals surface area (Å²) in [6.07, 6.45) is 3.43. The first-order valence-electron chi connectivity index (χ1n) is 9.51. The minimum atomic E-state index is 0.424. The summed E-state index contributed by atoms with van der Waals surface area (Å²) >= 11 is 9.06. The average Bonchev–Trinajstić information content (AvgIpc) is 3.18. The topological polar surface area (TPSA) is 77.0 Å². The number of hydrogen-bond donors (Lipinski definition) is 2. The van der Waals surface area contributed by atoms with Gasteiger partial charge in [0.15, 0.2) is 17.3 Å². The number of H-pyrrole nitrogens is 1. The first-order valence-corrected chi connectivity index (χ1v) is 10.7. The molecular formula is C22H20BrN5O2S. The van der Waals surface area contributed by atoms with Crippen molar-refractivity contribution < 1.29 is 9.47 Å². The lowest BCUT2D eigenvalue weighted by Crippen LogP contribution is -2.17. The van der Waals surface area contributed by atoms with E-state index >= 15 is 0 Å². The van der Waals surface area contributed by atoms with Crippen molar-refractivity contribution in [3.8, 4) is 22.9 Å². The summed E-state index contributed by atoms with van der Waals surface area (Å²) in [7, 11) is 1.63. The second-order valence-corrected chi connectivity index (χ2v) is 7.83. The van der Waals surface area contributed by atoms with E-state index in [4.69, 9.17) is 21.7 Å². The summed E-state index contributed by atoms with van der Waals surface area (Å²) in [5.74, 6) is 1.98. The van der Waals surface area contributed by atoms with E-state index in [0.29, 0.717) is 35.2 Å². The largest absolute Gasteiger partial charge is 0.493 e. The van der Waals surface area contributed by atoms with Crippen LogP contribution in [0.25, 0.3) is 11.4 Å². The molecular weight excluding hydrogens is 478 g/mol. The number of nitrogens with one attached hydrogen (secondary N) is 2. The molecule has 2 heterocycles. The van der Waals surface area contributed by atoms with Gasteiger partial charge in [-0.1, -0.05) is 46.3 Å². The number of methoxy groups -OCH3 is 1. The van der Waals surface area contributed by atoms with Gasteiger partial charge in [0, 0.05) is 28.0 Å². The SMILES string of the molecule is COc1ccc(Br)c(CNn2c(-c3ccncc3)n[nH]c2=S)c1OCc1ccccc1. The maximum atomic E-state index is 6.18. The van der Waals surface area contributed by atoms with E-state index in [-0.39, 0.29) is 0 Å². The van der Waals surface area contributed by atoms with Gasteiger partial charge in [-0.05, 0) is 42.0 Å².